The Morgan fingerprint density at radius 3 is 2.88 bits per heavy atom. The summed E-state index contributed by atoms with van der Waals surface area (Å²) in [6.45, 7) is 2.20. The highest BCUT2D eigenvalue weighted by Crippen LogP contribution is 2.13. The Morgan fingerprint density at radius 2 is 2.31 bits per heavy atom. The zero-order valence-electron chi connectivity index (χ0n) is 9.15. The first-order chi connectivity index (χ1) is 7.63. The van der Waals surface area contributed by atoms with Crippen molar-refractivity contribution in [3.05, 3.63) is 34.9 Å². The lowest BCUT2D eigenvalue weighted by Crippen LogP contribution is -2.23. The highest BCUT2D eigenvalue weighted by Gasteiger charge is 2.16. The van der Waals surface area contributed by atoms with Gasteiger partial charge in [0.25, 0.3) is 0 Å². The Hall–Kier alpha value is -1.06. The molecule has 0 saturated carbocycles. The third-order valence-electron chi connectivity index (χ3n) is 2.17. The van der Waals surface area contributed by atoms with E-state index in [2.05, 4.69) is 0 Å². The van der Waals surface area contributed by atoms with Gasteiger partial charge in [-0.1, -0.05) is 37.1 Å². The first-order valence-corrected chi connectivity index (χ1v) is 5.60. The van der Waals surface area contributed by atoms with Gasteiger partial charge >= 0.3 is 5.97 Å². The molecule has 1 N–H and O–H groups in total. The molecule has 1 rings (SSSR count). The molecule has 0 bridgehead atoms. The molecule has 1 aromatic carbocycles. The van der Waals surface area contributed by atoms with Crippen LogP contribution in [0.3, 0.4) is 0 Å². The van der Waals surface area contributed by atoms with Gasteiger partial charge in [-0.3, -0.25) is 0 Å². The maximum atomic E-state index is 10.8. The molecule has 88 valence electrons. The van der Waals surface area contributed by atoms with Crippen LogP contribution >= 0.6 is 11.6 Å². The molecule has 0 saturated heterocycles. The largest absolute Gasteiger partial charge is 0.479 e. The second kappa shape index (κ2) is 6.51. The van der Waals surface area contributed by atoms with Gasteiger partial charge in [0.15, 0.2) is 6.10 Å². The molecule has 0 aliphatic rings. The minimum absolute atomic E-state index is 0.275. The fraction of sp³-hybridized carbons (Fsp3) is 0.417. The standard InChI is InChI=1S/C12H15ClO3/c1-2-4-11(12(14)15)16-8-9-5-3-6-10(13)7-9/h3,5-7,11H,2,4,8H2,1H3,(H,14,15). The first kappa shape index (κ1) is 13.0. The summed E-state index contributed by atoms with van der Waals surface area (Å²) in [6, 6.07) is 7.21. The second-order valence-corrected chi connectivity index (χ2v) is 3.99. The number of hydrogen-bond donors (Lipinski definition) is 1. The Bertz CT molecular complexity index is 352. The van der Waals surface area contributed by atoms with E-state index in [4.69, 9.17) is 21.4 Å². The highest BCUT2D eigenvalue weighted by molar-refractivity contribution is 6.30. The number of benzene rings is 1. The highest BCUT2D eigenvalue weighted by atomic mass is 35.5. The van der Waals surface area contributed by atoms with E-state index in [1.165, 1.54) is 0 Å². The van der Waals surface area contributed by atoms with E-state index in [1.54, 1.807) is 12.1 Å². The molecule has 3 nitrogen and oxygen atoms in total. The van der Waals surface area contributed by atoms with Crippen molar-refractivity contribution in [1.82, 2.24) is 0 Å². The predicted octanol–water partition coefficient (Wildman–Crippen LogP) is 3.11. The average Bonchev–Trinajstić information content (AvgIpc) is 2.24. The second-order valence-electron chi connectivity index (χ2n) is 3.56. The third kappa shape index (κ3) is 4.21. The van der Waals surface area contributed by atoms with Crippen LogP contribution in [0.2, 0.25) is 5.02 Å². The number of rotatable bonds is 6. The molecular weight excluding hydrogens is 228 g/mol. The van der Waals surface area contributed by atoms with Crippen molar-refractivity contribution < 1.29 is 14.6 Å². The van der Waals surface area contributed by atoms with E-state index < -0.39 is 12.1 Å². The van der Waals surface area contributed by atoms with Gasteiger partial charge in [-0.05, 0) is 24.1 Å². The number of carbonyl (C=O) groups is 1. The van der Waals surface area contributed by atoms with Crippen molar-refractivity contribution in [2.24, 2.45) is 0 Å². The summed E-state index contributed by atoms with van der Waals surface area (Å²) < 4.78 is 5.33. The zero-order valence-corrected chi connectivity index (χ0v) is 9.91. The summed E-state index contributed by atoms with van der Waals surface area (Å²) in [6.07, 6.45) is 0.576. The number of ether oxygens (including phenoxy) is 1. The number of halogens is 1. The van der Waals surface area contributed by atoms with E-state index in [0.717, 1.165) is 12.0 Å². The average molecular weight is 243 g/mol. The summed E-state index contributed by atoms with van der Waals surface area (Å²) in [5.74, 6) is -0.913. The van der Waals surface area contributed by atoms with Crippen LogP contribution in [0.1, 0.15) is 25.3 Å². The van der Waals surface area contributed by atoms with Crippen LogP contribution < -0.4 is 0 Å². The van der Waals surface area contributed by atoms with Crippen molar-refractivity contribution in [1.29, 1.82) is 0 Å². The fourth-order valence-electron chi connectivity index (χ4n) is 1.36. The van der Waals surface area contributed by atoms with E-state index in [1.807, 2.05) is 19.1 Å². The Balaban J connectivity index is 2.51. The monoisotopic (exact) mass is 242 g/mol. The van der Waals surface area contributed by atoms with Gasteiger partial charge in [0, 0.05) is 5.02 Å². The minimum atomic E-state index is -0.913. The molecule has 0 aromatic heterocycles. The first-order valence-electron chi connectivity index (χ1n) is 5.22. The number of carboxylic acids is 1. The zero-order chi connectivity index (χ0) is 12.0. The molecule has 16 heavy (non-hydrogen) atoms. The van der Waals surface area contributed by atoms with Gasteiger partial charge in [0.1, 0.15) is 0 Å². The maximum Gasteiger partial charge on any atom is 0.332 e. The molecule has 0 fully saturated rings. The molecule has 0 spiro atoms. The van der Waals surface area contributed by atoms with Crippen LogP contribution in [0.4, 0.5) is 0 Å². The summed E-state index contributed by atoms with van der Waals surface area (Å²) >= 11 is 5.81. The van der Waals surface area contributed by atoms with Crippen LogP contribution in [0.5, 0.6) is 0 Å². The van der Waals surface area contributed by atoms with Crippen molar-refractivity contribution >= 4 is 17.6 Å². The topological polar surface area (TPSA) is 46.5 Å². The van der Waals surface area contributed by atoms with Crippen LogP contribution in [-0.2, 0) is 16.1 Å². The lowest BCUT2D eigenvalue weighted by atomic mass is 10.2. The maximum absolute atomic E-state index is 10.8. The predicted molar refractivity (Wildman–Crippen MR) is 62.6 cm³/mol. The van der Waals surface area contributed by atoms with Gasteiger partial charge in [-0.25, -0.2) is 4.79 Å². The summed E-state index contributed by atoms with van der Waals surface area (Å²) in [5, 5.41) is 9.51. The SMILES string of the molecule is CCCC(OCc1cccc(Cl)c1)C(=O)O. The molecule has 0 aliphatic carbocycles. The molecule has 0 heterocycles. The molecule has 0 radical (unpaired) electrons. The molecule has 1 unspecified atom stereocenters. The van der Waals surface area contributed by atoms with E-state index in [-0.39, 0.29) is 6.61 Å². The number of aliphatic carboxylic acids is 1. The molecular formula is C12H15ClO3. The molecule has 1 atom stereocenters. The lowest BCUT2D eigenvalue weighted by Gasteiger charge is -2.12. The number of hydrogen-bond acceptors (Lipinski definition) is 2. The molecule has 1 aromatic rings. The van der Waals surface area contributed by atoms with E-state index >= 15 is 0 Å². The normalized spacial score (nSPS) is 12.4. The van der Waals surface area contributed by atoms with Gasteiger partial charge in [0.05, 0.1) is 6.61 Å². The van der Waals surface area contributed by atoms with Gasteiger partial charge < -0.3 is 9.84 Å². The Labute approximate surface area is 100.0 Å². The number of carboxylic acid groups (broad SMARTS) is 1. The van der Waals surface area contributed by atoms with Crippen LogP contribution in [0.25, 0.3) is 0 Å². The van der Waals surface area contributed by atoms with Crippen LogP contribution in [-0.4, -0.2) is 17.2 Å². The lowest BCUT2D eigenvalue weighted by molar-refractivity contribution is -0.151. The third-order valence-corrected chi connectivity index (χ3v) is 2.40. The minimum Gasteiger partial charge on any atom is -0.479 e. The van der Waals surface area contributed by atoms with Gasteiger partial charge in [-0.2, -0.15) is 0 Å². The van der Waals surface area contributed by atoms with E-state index in [9.17, 15) is 4.79 Å². The molecule has 0 aliphatic heterocycles. The van der Waals surface area contributed by atoms with Crippen LogP contribution in [0.15, 0.2) is 24.3 Å². The smallest absolute Gasteiger partial charge is 0.332 e. The Kier molecular flexibility index (Phi) is 5.29. The quantitative estimate of drug-likeness (QED) is 0.834. The van der Waals surface area contributed by atoms with E-state index in [0.29, 0.717) is 11.4 Å². The Morgan fingerprint density at radius 1 is 1.56 bits per heavy atom. The molecule has 4 heteroatoms. The fourth-order valence-corrected chi connectivity index (χ4v) is 1.58. The summed E-state index contributed by atoms with van der Waals surface area (Å²) in [4.78, 5) is 10.8. The van der Waals surface area contributed by atoms with Gasteiger partial charge in [-0.15, -0.1) is 0 Å². The van der Waals surface area contributed by atoms with Crippen molar-refractivity contribution in [2.75, 3.05) is 0 Å². The van der Waals surface area contributed by atoms with Crippen molar-refractivity contribution in [2.45, 2.75) is 32.5 Å². The summed E-state index contributed by atoms with van der Waals surface area (Å²) in [7, 11) is 0. The van der Waals surface area contributed by atoms with Crippen molar-refractivity contribution in [3.63, 3.8) is 0 Å². The summed E-state index contributed by atoms with van der Waals surface area (Å²) in [5.41, 5.74) is 0.884. The van der Waals surface area contributed by atoms with Gasteiger partial charge in [0.2, 0.25) is 0 Å². The van der Waals surface area contributed by atoms with Crippen molar-refractivity contribution in [3.8, 4) is 0 Å². The molecule has 0 amide bonds. The van der Waals surface area contributed by atoms with Crippen LogP contribution in [0, 0.1) is 0 Å².